The van der Waals surface area contributed by atoms with E-state index >= 15 is 0 Å². The molecule has 0 amide bonds. The van der Waals surface area contributed by atoms with E-state index in [0.29, 0.717) is 23.1 Å². The second-order valence-corrected chi connectivity index (χ2v) is 4.13. The quantitative estimate of drug-likeness (QED) is 0.797. The SMILES string of the molecule is CN(c1ncc(Cl)cn1)C1CC(N)C1. The molecule has 0 aromatic carbocycles. The third-order valence-electron chi connectivity index (χ3n) is 2.62. The van der Waals surface area contributed by atoms with E-state index in [4.69, 9.17) is 17.3 Å². The molecular formula is C9H13ClN4. The molecule has 0 aliphatic heterocycles. The Morgan fingerprint density at radius 3 is 2.50 bits per heavy atom. The molecule has 1 fully saturated rings. The molecule has 1 heterocycles. The maximum atomic E-state index is 5.72. The molecule has 0 bridgehead atoms. The lowest BCUT2D eigenvalue weighted by molar-refractivity contribution is 0.337. The summed E-state index contributed by atoms with van der Waals surface area (Å²) in [6.07, 6.45) is 5.25. The van der Waals surface area contributed by atoms with Gasteiger partial charge in [0.15, 0.2) is 0 Å². The zero-order chi connectivity index (χ0) is 10.1. The van der Waals surface area contributed by atoms with Gasteiger partial charge in [-0.15, -0.1) is 0 Å². The van der Waals surface area contributed by atoms with Gasteiger partial charge >= 0.3 is 0 Å². The van der Waals surface area contributed by atoms with Crippen LogP contribution in [0.5, 0.6) is 0 Å². The predicted molar refractivity (Wildman–Crippen MR) is 56.4 cm³/mol. The topological polar surface area (TPSA) is 55.0 Å². The minimum absolute atomic E-state index is 0.342. The van der Waals surface area contributed by atoms with Crippen LogP contribution in [-0.4, -0.2) is 29.1 Å². The summed E-state index contributed by atoms with van der Waals surface area (Å²) >= 11 is 5.70. The maximum absolute atomic E-state index is 5.72. The first-order valence-corrected chi connectivity index (χ1v) is 5.00. The van der Waals surface area contributed by atoms with Crippen molar-refractivity contribution in [2.45, 2.75) is 24.9 Å². The Hall–Kier alpha value is -0.870. The standard InChI is InChI=1S/C9H13ClN4/c1-14(8-2-7(11)3-8)9-12-4-6(10)5-13-9/h4-5,7-8H,2-3,11H2,1H3. The minimum Gasteiger partial charge on any atom is -0.341 e. The molecule has 1 aromatic rings. The summed E-state index contributed by atoms with van der Waals surface area (Å²) in [6.45, 7) is 0. The fourth-order valence-electron chi connectivity index (χ4n) is 1.60. The van der Waals surface area contributed by atoms with E-state index in [2.05, 4.69) is 14.9 Å². The Balaban J connectivity index is 2.04. The number of hydrogen-bond donors (Lipinski definition) is 1. The van der Waals surface area contributed by atoms with Gasteiger partial charge in [-0.1, -0.05) is 11.6 Å². The van der Waals surface area contributed by atoms with Gasteiger partial charge in [0.25, 0.3) is 0 Å². The third-order valence-corrected chi connectivity index (χ3v) is 2.81. The van der Waals surface area contributed by atoms with Crippen LogP contribution in [0.15, 0.2) is 12.4 Å². The number of rotatable bonds is 2. The zero-order valence-corrected chi connectivity index (χ0v) is 8.78. The summed E-state index contributed by atoms with van der Waals surface area (Å²) < 4.78 is 0. The van der Waals surface area contributed by atoms with Crippen LogP contribution in [-0.2, 0) is 0 Å². The van der Waals surface area contributed by atoms with Gasteiger partial charge < -0.3 is 10.6 Å². The summed E-state index contributed by atoms with van der Waals surface area (Å²) in [5.74, 6) is 0.714. The van der Waals surface area contributed by atoms with E-state index in [0.717, 1.165) is 12.8 Å². The van der Waals surface area contributed by atoms with Gasteiger partial charge in [-0.3, -0.25) is 0 Å². The Bertz CT molecular complexity index is 307. The zero-order valence-electron chi connectivity index (χ0n) is 8.02. The highest BCUT2D eigenvalue weighted by Crippen LogP contribution is 2.25. The molecule has 2 N–H and O–H groups in total. The van der Waals surface area contributed by atoms with Crippen LogP contribution in [0.3, 0.4) is 0 Å². The Morgan fingerprint density at radius 2 is 2.00 bits per heavy atom. The van der Waals surface area contributed by atoms with E-state index in [-0.39, 0.29) is 0 Å². The predicted octanol–water partition coefficient (Wildman–Crippen LogP) is 1.06. The lowest BCUT2D eigenvalue weighted by Gasteiger charge is -2.39. The van der Waals surface area contributed by atoms with Crippen molar-refractivity contribution in [3.8, 4) is 0 Å². The molecule has 0 saturated heterocycles. The van der Waals surface area contributed by atoms with Crippen molar-refractivity contribution in [2.24, 2.45) is 5.73 Å². The minimum atomic E-state index is 0.342. The molecule has 5 heteroatoms. The molecule has 1 saturated carbocycles. The number of nitrogens with zero attached hydrogens (tertiary/aromatic N) is 3. The smallest absolute Gasteiger partial charge is 0.225 e. The van der Waals surface area contributed by atoms with E-state index in [1.165, 1.54) is 0 Å². The number of hydrogen-bond acceptors (Lipinski definition) is 4. The highest BCUT2D eigenvalue weighted by molar-refractivity contribution is 6.30. The van der Waals surface area contributed by atoms with Crippen LogP contribution in [0.2, 0.25) is 5.02 Å². The van der Waals surface area contributed by atoms with E-state index in [1.807, 2.05) is 7.05 Å². The molecule has 2 rings (SSSR count). The molecular weight excluding hydrogens is 200 g/mol. The highest BCUT2D eigenvalue weighted by Gasteiger charge is 2.30. The molecule has 14 heavy (non-hydrogen) atoms. The van der Waals surface area contributed by atoms with Crippen LogP contribution < -0.4 is 10.6 Å². The molecule has 0 atom stereocenters. The fourth-order valence-corrected chi connectivity index (χ4v) is 1.69. The van der Waals surface area contributed by atoms with Gasteiger partial charge in [-0.2, -0.15) is 0 Å². The van der Waals surface area contributed by atoms with Gasteiger partial charge in [0.05, 0.1) is 17.4 Å². The molecule has 0 unspecified atom stereocenters. The van der Waals surface area contributed by atoms with Crippen molar-refractivity contribution in [1.82, 2.24) is 9.97 Å². The van der Waals surface area contributed by atoms with Crippen molar-refractivity contribution in [3.63, 3.8) is 0 Å². The van der Waals surface area contributed by atoms with Crippen molar-refractivity contribution in [1.29, 1.82) is 0 Å². The van der Waals surface area contributed by atoms with Gasteiger partial charge in [-0.25, -0.2) is 9.97 Å². The summed E-state index contributed by atoms with van der Waals surface area (Å²) in [6, 6.07) is 0.820. The first-order valence-electron chi connectivity index (χ1n) is 4.63. The number of nitrogens with two attached hydrogens (primary N) is 1. The highest BCUT2D eigenvalue weighted by atomic mass is 35.5. The Morgan fingerprint density at radius 1 is 1.43 bits per heavy atom. The summed E-state index contributed by atoms with van der Waals surface area (Å²) in [7, 11) is 1.99. The monoisotopic (exact) mass is 212 g/mol. The Labute approximate surface area is 88.1 Å². The van der Waals surface area contributed by atoms with Crippen molar-refractivity contribution < 1.29 is 0 Å². The molecule has 1 aliphatic carbocycles. The number of aromatic nitrogens is 2. The first-order chi connectivity index (χ1) is 6.66. The normalized spacial score (nSPS) is 25.6. The number of halogens is 1. The third kappa shape index (κ3) is 1.81. The largest absolute Gasteiger partial charge is 0.341 e. The van der Waals surface area contributed by atoms with Crippen molar-refractivity contribution in [3.05, 3.63) is 17.4 Å². The average Bonchev–Trinajstić information content (AvgIpc) is 2.13. The van der Waals surface area contributed by atoms with Crippen LogP contribution in [0.1, 0.15) is 12.8 Å². The second-order valence-electron chi connectivity index (χ2n) is 3.70. The summed E-state index contributed by atoms with van der Waals surface area (Å²) in [5.41, 5.74) is 5.72. The molecule has 4 nitrogen and oxygen atoms in total. The molecule has 1 aromatic heterocycles. The number of anilines is 1. The summed E-state index contributed by atoms with van der Waals surface area (Å²) in [5, 5.41) is 0.562. The molecule has 0 spiro atoms. The van der Waals surface area contributed by atoms with E-state index < -0.39 is 0 Å². The lowest BCUT2D eigenvalue weighted by Crippen LogP contribution is -2.49. The van der Waals surface area contributed by atoms with Gasteiger partial charge in [0.1, 0.15) is 0 Å². The van der Waals surface area contributed by atoms with E-state index in [1.54, 1.807) is 12.4 Å². The van der Waals surface area contributed by atoms with Gasteiger partial charge in [0.2, 0.25) is 5.95 Å². The van der Waals surface area contributed by atoms with Gasteiger partial charge in [0, 0.05) is 19.1 Å². The fraction of sp³-hybridized carbons (Fsp3) is 0.556. The molecule has 0 radical (unpaired) electrons. The first kappa shape index (κ1) is 9.68. The van der Waals surface area contributed by atoms with Gasteiger partial charge in [-0.05, 0) is 12.8 Å². The lowest BCUT2D eigenvalue weighted by atomic mass is 9.87. The summed E-state index contributed by atoms with van der Waals surface area (Å²) in [4.78, 5) is 10.4. The van der Waals surface area contributed by atoms with Crippen LogP contribution in [0.4, 0.5) is 5.95 Å². The van der Waals surface area contributed by atoms with Crippen molar-refractivity contribution >= 4 is 17.5 Å². The van der Waals surface area contributed by atoms with Crippen LogP contribution in [0, 0.1) is 0 Å². The average molecular weight is 213 g/mol. The van der Waals surface area contributed by atoms with Crippen molar-refractivity contribution in [2.75, 3.05) is 11.9 Å². The molecule has 1 aliphatic rings. The van der Waals surface area contributed by atoms with Crippen LogP contribution >= 0.6 is 11.6 Å². The maximum Gasteiger partial charge on any atom is 0.225 e. The second kappa shape index (κ2) is 3.71. The van der Waals surface area contributed by atoms with Crippen LogP contribution in [0.25, 0.3) is 0 Å². The van der Waals surface area contributed by atoms with E-state index in [9.17, 15) is 0 Å². The Kier molecular flexibility index (Phi) is 2.56. The molecule has 76 valence electrons.